The van der Waals surface area contributed by atoms with Crippen molar-refractivity contribution in [2.45, 2.75) is 32.0 Å². The molecular weight excluding hydrogens is 460 g/mol. The first-order valence-electron chi connectivity index (χ1n) is 11.2. The van der Waals surface area contributed by atoms with E-state index in [-0.39, 0.29) is 36.3 Å². The van der Waals surface area contributed by atoms with E-state index >= 15 is 0 Å². The summed E-state index contributed by atoms with van der Waals surface area (Å²) in [7, 11) is 0. The fourth-order valence-electron chi connectivity index (χ4n) is 3.83. The van der Waals surface area contributed by atoms with Gasteiger partial charge in [-0.3, -0.25) is 29.4 Å². The number of piperidine rings is 1. The summed E-state index contributed by atoms with van der Waals surface area (Å²) < 4.78 is 18.1. The second kappa shape index (κ2) is 11.2. The first kappa shape index (κ1) is 24.4. The summed E-state index contributed by atoms with van der Waals surface area (Å²) in [5.41, 5.74) is 6.09. The Morgan fingerprint density at radius 2 is 1.86 bits per heavy atom. The molecule has 0 bridgehead atoms. The van der Waals surface area contributed by atoms with Crippen molar-refractivity contribution < 1.29 is 33.4 Å². The van der Waals surface area contributed by atoms with E-state index in [0.29, 0.717) is 45.2 Å². The zero-order chi connectivity index (χ0) is 24.8. The molecule has 186 valence electrons. The maximum Gasteiger partial charge on any atom is 0.266 e. The van der Waals surface area contributed by atoms with Crippen LogP contribution in [0.3, 0.4) is 0 Å². The predicted octanol–water partition coefficient (Wildman–Crippen LogP) is -0.750. The normalized spacial score (nSPS) is 17.6. The molecule has 4 amide bonds. The standard InChI is InChI=1S/C22H26N6O7/c23-6-8-33-10-11-34-9-7-27-12-14(25-26-27)13-35-17-3-1-2-15-19(17)22(32)28(21(15)31)16-4-5-18(29)24-20(16)30/h1-3,12,16H,4-11,13,23H2,(H,24,29,30). The Morgan fingerprint density at radius 1 is 1.06 bits per heavy atom. The summed E-state index contributed by atoms with van der Waals surface area (Å²) in [6, 6.07) is 3.63. The Morgan fingerprint density at radius 3 is 2.63 bits per heavy atom. The molecular formula is C22H26N6O7. The topological polar surface area (TPSA) is 168 Å². The van der Waals surface area contributed by atoms with Gasteiger partial charge in [0, 0.05) is 13.0 Å². The molecule has 13 heteroatoms. The van der Waals surface area contributed by atoms with Crippen LogP contribution in [0.1, 0.15) is 39.3 Å². The third kappa shape index (κ3) is 5.53. The number of rotatable bonds is 12. The zero-order valence-corrected chi connectivity index (χ0v) is 19.0. The fraction of sp³-hybridized carbons (Fsp3) is 0.455. The highest BCUT2D eigenvalue weighted by atomic mass is 16.5. The fourth-order valence-corrected chi connectivity index (χ4v) is 3.83. The first-order valence-corrected chi connectivity index (χ1v) is 11.2. The average molecular weight is 486 g/mol. The van der Waals surface area contributed by atoms with Gasteiger partial charge in [-0.05, 0) is 18.6 Å². The Bertz CT molecular complexity index is 1120. The van der Waals surface area contributed by atoms with E-state index in [1.807, 2.05) is 0 Å². The van der Waals surface area contributed by atoms with Crippen LogP contribution in [-0.2, 0) is 32.2 Å². The predicted molar refractivity (Wildman–Crippen MR) is 118 cm³/mol. The number of fused-ring (bicyclic) bond motifs is 1. The number of carbonyl (C=O) groups excluding carboxylic acids is 4. The monoisotopic (exact) mass is 486 g/mol. The van der Waals surface area contributed by atoms with Crippen LogP contribution in [-0.4, -0.2) is 82.5 Å². The number of aromatic nitrogens is 3. The van der Waals surface area contributed by atoms with Gasteiger partial charge in [0.15, 0.2) is 0 Å². The smallest absolute Gasteiger partial charge is 0.266 e. The van der Waals surface area contributed by atoms with Gasteiger partial charge >= 0.3 is 0 Å². The maximum absolute atomic E-state index is 13.1. The van der Waals surface area contributed by atoms with Crippen molar-refractivity contribution in [2.24, 2.45) is 5.73 Å². The molecule has 35 heavy (non-hydrogen) atoms. The van der Waals surface area contributed by atoms with Gasteiger partial charge in [-0.15, -0.1) is 5.10 Å². The van der Waals surface area contributed by atoms with Gasteiger partial charge < -0.3 is 19.9 Å². The number of nitrogens with two attached hydrogens (primary N) is 1. The van der Waals surface area contributed by atoms with Gasteiger partial charge in [-0.2, -0.15) is 0 Å². The van der Waals surface area contributed by atoms with E-state index in [1.165, 1.54) is 6.07 Å². The minimum atomic E-state index is -1.04. The molecule has 1 aromatic carbocycles. The summed E-state index contributed by atoms with van der Waals surface area (Å²) in [5.74, 6) is -2.12. The zero-order valence-electron chi connectivity index (χ0n) is 19.0. The van der Waals surface area contributed by atoms with Gasteiger partial charge in [-0.25, -0.2) is 4.68 Å². The molecule has 0 radical (unpaired) electrons. The summed E-state index contributed by atoms with van der Waals surface area (Å²) in [4.78, 5) is 50.6. The van der Waals surface area contributed by atoms with E-state index in [2.05, 4.69) is 15.6 Å². The quantitative estimate of drug-likeness (QED) is 0.288. The van der Waals surface area contributed by atoms with Gasteiger partial charge in [0.25, 0.3) is 11.8 Å². The number of imide groups is 2. The van der Waals surface area contributed by atoms with Crippen LogP contribution in [0.2, 0.25) is 0 Å². The molecule has 3 N–H and O–H groups in total. The van der Waals surface area contributed by atoms with E-state index in [0.717, 1.165) is 4.90 Å². The van der Waals surface area contributed by atoms with E-state index in [1.54, 1.807) is 23.0 Å². The van der Waals surface area contributed by atoms with E-state index in [4.69, 9.17) is 19.9 Å². The average Bonchev–Trinajstić information content (AvgIpc) is 3.40. The molecule has 13 nitrogen and oxygen atoms in total. The van der Waals surface area contributed by atoms with Crippen molar-refractivity contribution in [3.63, 3.8) is 0 Å². The molecule has 2 aliphatic rings. The van der Waals surface area contributed by atoms with Crippen LogP contribution in [0.5, 0.6) is 5.75 Å². The number of hydrogen-bond acceptors (Lipinski definition) is 10. The van der Waals surface area contributed by atoms with Crippen LogP contribution in [0.25, 0.3) is 0 Å². The van der Waals surface area contributed by atoms with Gasteiger partial charge in [0.05, 0.1) is 50.3 Å². The third-order valence-electron chi connectivity index (χ3n) is 5.49. The molecule has 1 fully saturated rings. The Hall–Kier alpha value is -3.68. The van der Waals surface area contributed by atoms with Crippen molar-refractivity contribution in [1.82, 2.24) is 25.2 Å². The second-order valence-corrected chi connectivity index (χ2v) is 7.90. The third-order valence-corrected chi connectivity index (χ3v) is 5.49. The summed E-state index contributed by atoms with van der Waals surface area (Å²) >= 11 is 0. The number of nitrogens with zero attached hydrogens (tertiary/aromatic N) is 4. The summed E-state index contributed by atoms with van der Waals surface area (Å²) in [6.45, 7) is 2.81. The van der Waals surface area contributed by atoms with Crippen LogP contribution < -0.4 is 15.8 Å². The number of ether oxygens (including phenoxy) is 3. The lowest BCUT2D eigenvalue weighted by molar-refractivity contribution is -0.136. The molecule has 0 aliphatic carbocycles. The van der Waals surface area contributed by atoms with Crippen molar-refractivity contribution in [3.05, 3.63) is 41.2 Å². The molecule has 1 atom stereocenters. The lowest BCUT2D eigenvalue weighted by atomic mass is 10.0. The summed E-state index contributed by atoms with van der Waals surface area (Å²) in [5, 5.41) is 10.2. The second-order valence-electron chi connectivity index (χ2n) is 7.90. The molecule has 1 aromatic heterocycles. The van der Waals surface area contributed by atoms with Crippen LogP contribution in [0.15, 0.2) is 24.4 Å². The molecule has 4 rings (SSSR count). The number of benzene rings is 1. The maximum atomic E-state index is 13.1. The minimum absolute atomic E-state index is 0.0180. The molecule has 0 saturated carbocycles. The minimum Gasteiger partial charge on any atom is -0.486 e. The summed E-state index contributed by atoms with van der Waals surface area (Å²) in [6.07, 6.45) is 1.83. The lowest BCUT2D eigenvalue weighted by Crippen LogP contribution is -2.54. The molecule has 3 heterocycles. The van der Waals surface area contributed by atoms with Gasteiger partial charge in [0.1, 0.15) is 24.1 Å². The number of carbonyl (C=O) groups is 4. The van der Waals surface area contributed by atoms with Crippen molar-refractivity contribution >= 4 is 23.6 Å². The van der Waals surface area contributed by atoms with E-state index < -0.39 is 29.7 Å². The van der Waals surface area contributed by atoms with E-state index in [9.17, 15) is 19.2 Å². The number of amides is 4. The SMILES string of the molecule is NCCOCCOCCn1cc(COc2cccc3c2C(=O)N(C2CCC(=O)NC2=O)C3=O)nn1. The molecule has 1 unspecified atom stereocenters. The van der Waals surface area contributed by atoms with Crippen molar-refractivity contribution in [1.29, 1.82) is 0 Å². The van der Waals surface area contributed by atoms with Crippen molar-refractivity contribution in [3.8, 4) is 5.75 Å². The number of hydrogen-bond donors (Lipinski definition) is 2. The van der Waals surface area contributed by atoms with Crippen LogP contribution in [0, 0.1) is 0 Å². The lowest BCUT2D eigenvalue weighted by Gasteiger charge is -2.27. The highest BCUT2D eigenvalue weighted by molar-refractivity contribution is 6.24. The van der Waals surface area contributed by atoms with Gasteiger partial charge in [0.2, 0.25) is 11.8 Å². The molecule has 0 spiro atoms. The van der Waals surface area contributed by atoms with Crippen molar-refractivity contribution in [2.75, 3.05) is 33.0 Å². The highest BCUT2D eigenvalue weighted by Crippen LogP contribution is 2.33. The van der Waals surface area contributed by atoms with Crippen LogP contribution >= 0.6 is 0 Å². The highest BCUT2D eigenvalue weighted by Gasteiger charge is 2.46. The Kier molecular flexibility index (Phi) is 7.80. The largest absolute Gasteiger partial charge is 0.486 e. The molecule has 2 aliphatic heterocycles. The molecule has 1 saturated heterocycles. The van der Waals surface area contributed by atoms with Crippen LogP contribution in [0.4, 0.5) is 0 Å². The first-order chi connectivity index (χ1) is 17.0. The van der Waals surface area contributed by atoms with Gasteiger partial charge in [-0.1, -0.05) is 11.3 Å². The molecule has 2 aromatic rings. The number of nitrogens with one attached hydrogen (secondary N) is 1. The Balaban J connectivity index is 1.34. The Labute approximate surface area is 200 Å².